The van der Waals surface area contributed by atoms with Gasteiger partial charge in [0.2, 0.25) is 0 Å². The van der Waals surface area contributed by atoms with Gasteiger partial charge in [-0.05, 0) is 20.0 Å². The van der Waals surface area contributed by atoms with Crippen LogP contribution in [0.25, 0.3) is 0 Å². The third kappa shape index (κ3) is 2.76. The van der Waals surface area contributed by atoms with Gasteiger partial charge in [-0.25, -0.2) is 0 Å². The molecule has 1 aromatic rings. The van der Waals surface area contributed by atoms with Gasteiger partial charge in [-0.1, -0.05) is 23.2 Å². The number of likely N-dealkylation sites (N-methyl/N-ethyl adjacent to an activating group) is 1. The van der Waals surface area contributed by atoms with Crippen molar-refractivity contribution >= 4 is 40.4 Å². The average Bonchev–Trinajstić information content (AvgIpc) is 2.57. The Hall–Kier alpha value is -0.290. The zero-order valence-corrected chi connectivity index (χ0v) is 12.1. The van der Waals surface area contributed by atoms with Crippen molar-refractivity contribution in [1.29, 1.82) is 0 Å². The Morgan fingerprint density at radius 1 is 1.47 bits per heavy atom. The van der Waals surface area contributed by atoms with Gasteiger partial charge in [0.05, 0.1) is 9.90 Å². The lowest BCUT2D eigenvalue weighted by Gasteiger charge is -2.38. The van der Waals surface area contributed by atoms with E-state index in [2.05, 4.69) is 18.9 Å². The van der Waals surface area contributed by atoms with Crippen LogP contribution in [-0.2, 0) is 0 Å². The van der Waals surface area contributed by atoms with Crippen molar-refractivity contribution in [3.63, 3.8) is 0 Å². The van der Waals surface area contributed by atoms with Gasteiger partial charge in [0, 0.05) is 25.7 Å². The summed E-state index contributed by atoms with van der Waals surface area (Å²) < 4.78 is 1.03. The summed E-state index contributed by atoms with van der Waals surface area (Å²) in [6, 6.07) is 1.86. The topological polar surface area (TPSA) is 23.6 Å². The van der Waals surface area contributed by atoms with E-state index in [4.69, 9.17) is 23.2 Å². The normalized spacial score (nSPS) is 21.9. The molecule has 0 radical (unpaired) electrons. The number of amides is 1. The van der Waals surface area contributed by atoms with E-state index in [9.17, 15) is 4.79 Å². The quantitative estimate of drug-likeness (QED) is 0.795. The SMILES string of the molecule is CC1CN(C)CCN1C(=O)c1cc(Cl)sc1Cl. The molecule has 1 saturated heterocycles. The Morgan fingerprint density at radius 2 is 2.18 bits per heavy atom. The van der Waals surface area contributed by atoms with Crippen LogP contribution in [0.1, 0.15) is 17.3 Å². The van der Waals surface area contributed by atoms with E-state index in [1.165, 1.54) is 11.3 Å². The van der Waals surface area contributed by atoms with Gasteiger partial charge in [0.1, 0.15) is 4.34 Å². The van der Waals surface area contributed by atoms with Crippen molar-refractivity contribution in [2.75, 3.05) is 26.7 Å². The van der Waals surface area contributed by atoms with Crippen molar-refractivity contribution in [1.82, 2.24) is 9.80 Å². The molecule has 0 aliphatic carbocycles. The lowest BCUT2D eigenvalue weighted by atomic mass is 10.1. The van der Waals surface area contributed by atoms with E-state index in [0.717, 1.165) is 19.6 Å². The number of hydrogen-bond donors (Lipinski definition) is 0. The smallest absolute Gasteiger partial charge is 0.256 e. The molecule has 94 valence electrons. The number of carbonyl (C=O) groups excluding carboxylic acids is 1. The highest BCUT2D eigenvalue weighted by Gasteiger charge is 2.28. The maximum absolute atomic E-state index is 12.3. The van der Waals surface area contributed by atoms with E-state index in [-0.39, 0.29) is 11.9 Å². The zero-order chi connectivity index (χ0) is 12.6. The standard InChI is InChI=1S/C11H14Cl2N2OS/c1-7-6-14(2)3-4-15(7)11(16)8-5-9(12)17-10(8)13/h5,7H,3-4,6H2,1-2H3. The molecule has 1 amide bonds. The predicted molar refractivity (Wildman–Crippen MR) is 72.3 cm³/mol. The molecule has 17 heavy (non-hydrogen) atoms. The minimum atomic E-state index is -0.0150. The van der Waals surface area contributed by atoms with Gasteiger partial charge in [0.25, 0.3) is 5.91 Å². The van der Waals surface area contributed by atoms with Gasteiger partial charge in [0.15, 0.2) is 0 Å². The van der Waals surface area contributed by atoms with E-state index in [1.807, 2.05) is 4.90 Å². The van der Waals surface area contributed by atoms with Crippen molar-refractivity contribution in [3.8, 4) is 0 Å². The van der Waals surface area contributed by atoms with Crippen molar-refractivity contribution in [3.05, 3.63) is 20.3 Å². The number of thiophene rings is 1. The van der Waals surface area contributed by atoms with Crippen LogP contribution in [0.3, 0.4) is 0 Å². The monoisotopic (exact) mass is 292 g/mol. The van der Waals surface area contributed by atoms with Gasteiger partial charge in [-0.3, -0.25) is 4.79 Å². The molecular weight excluding hydrogens is 279 g/mol. The van der Waals surface area contributed by atoms with Crippen LogP contribution in [0.5, 0.6) is 0 Å². The number of rotatable bonds is 1. The van der Waals surface area contributed by atoms with E-state index < -0.39 is 0 Å². The summed E-state index contributed by atoms with van der Waals surface area (Å²) in [4.78, 5) is 16.4. The highest BCUT2D eigenvalue weighted by molar-refractivity contribution is 7.20. The summed E-state index contributed by atoms with van der Waals surface area (Å²) in [7, 11) is 2.06. The number of piperazine rings is 1. The Bertz CT molecular complexity index is 435. The summed E-state index contributed by atoms with van der Waals surface area (Å²) in [5, 5.41) is 0. The first-order valence-corrected chi connectivity index (χ1v) is 7.00. The van der Waals surface area contributed by atoms with Crippen LogP contribution >= 0.6 is 34.5 Å². The lowest BCUT2D eigenvalue weighted by Crippen LogP contribution is -2.52. The summed E-state index contributed by atoms with van der Waals surface area (Å²) in [5.74, 6) is -0.0150. The van der Waals surface area contributed by atoms with E-state index in [0.29, 0.717) is 14.2 Å². The molecule has 0 N–H and O–H groups in total. The maximum atomic E-state index is 12.3. The molecule has 1 atom stereocenters. The van der Waals surface area contributed by atoms with Gasteiger partial charge >= 0.3 is 0 Å². The first-order valence-electron chi connectivity index (χ1n) is 5.43. The molecule has 0 saturated carbocycles. The van der Waals surface area contributed by atoms with Gasteiger partial charge in [-0.2, -0.15) is 0 Å². The molecule has 6 heteroatoms. The number of hydrogen-bond acceptors (Lipinski definition) is 3. The molecule has 1 aromatic heterocycles. The fraction of sp³-hybridized carbons (Fsp3) is 0.545. The third-order valence-electron chi connectivity index (χ3n) is 2.98. The second kappa shape index (κ2) is 5.14. The van der Waals surface area contributed by atoms with Crippen LogP contribution in [0.4, 0.5) is 0 Å². The Balaban J connectivity index is 2.17. The number of halogens is 2. The molecule has 1 aliphatic rings. The molecular formula is C11H14Cl2N2OS. The fourth-order valence-electron chi connectivity index (χ4n) is 2.08. The van der Waals surface area contributed by atoms with Crippen LogP contribution in [0, 0.1) is 0 Å². The average molecular weight is 293 g/mol. The molecule has 3 nitrogen and oxygen atoms in total. The predicted octanol–water partition coefficient (Wildman–Crippen LogP) is 2.83. The molecule has 1 aliphatic heterocycles. The van der Waals surface area contributed by atoms with E-state index in [1.54, 1.807) is 6.07 Å². The lowest BCUT2D eigenvalue weighted by molar-refractivity contribution is 0.0534. The molecule has 2 rings (SSSR count). The maximum Gasteiger partial charge on any atom is 0.256 e. The Kier molecular flexibility index (Phi) is 3.98. The largest absolute Gasteiger partial charge is 0.333 e. The van der Waals surface area contributed by atoms with Crippen LogP contribution < -0.4 is 0 Å². The second-order valence-corrected chi connectivity index (χ2v) is 6.63. The zero-order valence-electron chi connectivity index (χ0n) is 9.74. The van der Waals surface area contributed by atoms with Crippen molar-refractivity contribution < 1.29 is 4.79 Å². The second-order valence-electron chi connectivity index (χ2n) is 4.35. The summed E-state index contributed by atoms with van der Waals surface area (Å²) in [6.45, 7) is 4.57. The van der Waals surface area contributed by atoms with Gasteiger partial charge in [-0.15, -0.1) is 11.3 Å². The first-order chi connectivity index (χ1) is 7.99. The van der Waals surface area contributed by atoms with Crippen LogP contribution in [0.2, 0.25) is 8.67 Å². The van der Waals surface area contributed by atoms with Crippen molar-refractivity contribution in [2.45, 2.75) is 13.0 Å². The highest BCUT2D eigenvalue weighted by Crippen LogP contribution is 2.32. The van der Waals surface area contributed by atoms with Gasteiger partial charge < -0.3 is 9.80 Å². The van der Waals surface area contributed by atoms with E-state index >= 15 is 0 Å². The van der Waals surface area contributed by atoms with Crippen molar-refractivity contribution in [2.24, 2.45) is 0 Å². The molecule has 1 unspecified atom stereocenters. The summed E-state index contributed by atoms with van der Waals surface area (Å²) in [6.07, 6.45) is 0. The molecule has 0 bridgehead atoms. The summed E-state index contributed by atoms with van der Waals surface area (Å²) in [5.41, 5.74) is 0.526. The number of nitrogens with zero attached hydrogens (tertiary/aromatic N) is 2. The van der Waals surface area contributed by atoms with Crippen LogP contribution in [0.15, 0.2) is 6.07 Å². The molecule has 1 fully saturated rings. The fourth-order valence-corrected chi connectivity index (χ4v) is 3.53. The minimum absolute atomic E-state index is 0.0150. The number of carbonyl (C=O) groups is 1. The minimum Gasteiger partial charge on any atom is -0.333 e. The highest BCUT2D eigenvalue weighted by atomic mass is 35.5. The summed E-state index contributed by atoms with van der Waals surface area (Å²) >= 11 is 13.1. The Labute approximate surface area is 115 Å². The third-order valence-corrected chi connectivity index (χ3v) is 4.47. The molecule has 2 heterocycles. The molecule has 0 spiro atoms. The first kappa shape index (κ1) is 13.1. The Morgan fingerprint density at radius 3 is 2.71 bits per heavy atom. The molecule has 0 aromatic carbocycles. The van der Waals surface area contributed by atoms with Crippen LogP contribution in [-0.4, -0.2) is 48.4 Å².